The van der Waals surface area contributed by atoms with Crippen molar-refractivity contribution in [2.75, 3.05) is 56.7 Å². The maximum absolute atomic E-state index is 6.29. The zero-order valence-corrected chi connectivity index (χ0v) is 23.5. The highest BCUT2D eigenvalue weighted by molar-refractivity contribution is 6.23. The quantitative estimate of drug-likeness (QED) is 0.426. The lowest BCUT2D eigenvalue weighted by atomic mass is 9.97. The van der Waals surface area contributed by atoms with Gasteiger partial charge in [0.2, 0.25) is 0 Å². The van der Waals surface area contributed by atoms with Gasteiger partial charge in [0.05, 0.1) is 29.8 Å². The van der Waals surface area contributed by atoms with Crippen LogP contribution in [0.15, 0.2) is 69.5 Å². The Morgan fingerprint density at radius 2 is 2.00 bits per heavy atom. The molecule has 0 aromatic heterocycles. The fraction of sp³-hybridized carbons (Fsp3) is 0.516. The Bertz CT molecular complexity index is 1160. The van der Waals surface area contributed by atoms with E-state index in [4.69, 9.17) is 9.84 Å². The molecule has 0 spiro atoms. The van der Waals surface area contributed by atoms with Crippen molar-refractivity contribution >= 4 is 29.0 Å². The first-order chi connectivity index (χ1) is 19.2. The van der Waals surface area contributed by atoms with Crippen LogP contribution in [-0.2, 0) is 4.74 Å². The molecule has 1 aromatic carbocycles. The number of anilines is 2. The summed E-state index contributed by atoms with van der Waals surface area (Å²) in [5, 5.41) is 15.0. The summed E-state index contributed by atoms with van der Waals surface area (Å²) in [6.45, 7) is 7.53. The van der Waals surface area contributed by atoms with Crippen molar-refractivity contribution in [1.82, 2.24) is 10.3 Å². The molecule has 8 rings (SSSR count). The van der Waals surface area contributed by atoms with E-state index in [1.54, 1.807) is 0 Å². The van der Waals surface area contributed by atoms with Gasteiger partial charge in [-0.15, -0.1) is 0 Å². The number of ether oxygens (including phenoxy) is 1. The minimum Gasteiger partial charge on any atom is -0.391 e. The van der Waals surface area contributed by atoms with Crippen molar-refractivity contribution < 1.29 is 4.74 Å². The normalized spacial score (nSPS) is 26.7. The average molecular weight is 530 g/mol. The second kappa shape index (κ2) is 13.7. The minimum absolute atomic E-state index is 0.295. The lowest BCUT2D eigenvalue weighted by Gasteiger charge is -2.35. The van der Waals surface area contributed by atoms with Gasteiger partial charge in [-0.05, 0) is 74.6 Å². The summed E-state index contributed by atoms with van der Waals surface area (Å²) in [5.41, 5.74) is 10.1. The first-order valence-electron chi connectivity index (χ1n) is 14.6. The summed E-state index contributed by atoms with van der Waals surface area (Å²) in [4.78, 5) is 7.18. The molecule has 7 aliphatic heterocycles. The van der Waals surface area contributed by atoms with Gasteiger partial charge < -0.3 is 20.4 Å². The molecule has 208 valence electrons. The molecule has 1 unspecified atom stereocenters. The summed E-state index contributed by atoms with van der Waals surface area (Å²) in [7, 11) is 2.09. The van der Waals surface area contributed by atoms with Crippen LogP contribution in [0.4, 0.5) is 11.4 Å². The smallest absolute Gasteiger partial charge is 0.0784 e. The predicted octanol–water partition coefficient (Wildman–Crippen LogP) is 4.97. The van der Waals surface area contributed by atoms with Gasteiger partial charge in [-0.1, -0.05) is 19.1 Å². The molecule has 2 N–H and O–H groups in total. The van der Waals surface area contributed by atoms with Gasteiger partial charge in [-0.25, -0.2) is 5.01 Å². The Labute approximate surface area is 233 Å². The standard InChI is InChI=1S/C31H43N7O/c1-3-18-37(2)36-26-6-7-28-30-23-29(34-35-30)25-10-16-32-14-8-24(9-15-33-17-11-25)5-4-21-39-27-12-19-38(20-13-27)31(28)22-26/h4-7,10-11,16-17,22,24,27,32,36H,3,8-9,12-15,18-21,23H2,1-2H3/b5-4-,16-10+,25-11+,33-17?. The minimum atomic E-state index is 0.295. The topological polar surface area (TPSA) is 76.8 Å². The predicted molar refractivity (Wildman–Crippen MR) is 163 cm³/mol. The molecular formula is C31H43N7O. The molecule has 7 heterocycles. The largest absolute Gasteiger partial charge is 0.391 e. The van der Waals surface area contributed by atoms with Gasteiger partial charge in [-0.2, -0.15) is 10.2 Å². The Kier molecular flexibility index (Phi) is 9.61. The maximum atomic E-state index is 6.29. The Morgan fingerprint density at radius 3 is 2.87 bits per heavy atom. The van der Waals surface area contributed by atoms with Crippen LogP contribution < -0.4 is 15.6 Å². The molecule has 1 fully saturated rings. The van der Waals surface area contributed by atoms with E-state index in [2.05, 4.69) is 87.2 Å². The number of aliphatic imine (C=N–C) groups is 1. The number of piperidine rings is 1. The molecule has 0 amide bonds. The first-order valence-corrected chi connectivity index (χ1v) is 14.6. The molecule has 7 aliphatic rings. The third-order valence-corrected chi connectivity index (χ3v) is 7.79. The summed E-state index contributed by atoms with van der Waals surface area (Å²) >= 11 is 0. The average Bonchev–Trinajstić information content (AvgIpc) is 3.42. The van der Waals surface area contributed by atoms with Gasteiger partial charge in [0.25, 0.3) is 0 Å². The maximum Gasteiger partial charge on any atom is 0.0784 e. The van der Waals surface area contributed by atoms with Crippen LogP contribution in [0.1, 0.15) is 51.0 Å². The van der Waals surface area contributed by atoms with Gasteiger partial charge >= 0.3 is 0 Å². The van der Waals surface area contributed by atoms with Crippen LogP contribution in [0.3, 0.4) is 0 Å². The summed E-state index contributed by atoms with van der Waals surface area (Å²) < 4.78 is 6.29. The summed E-state index contributed by atoms with van der Waals surface area (Å²) in [5.74, 6) is 0.493. The fourth-order valence-electron chi connectivity index (χ4n) is 5.61. The zero-order chi connectivity index (χ0) is 26.9. The zero-order valence-electron chi connectivity index (χ0n) is 23.5. The third kappa shape index (κ3) is 7.46. The van der Waals surface area contributed by atoms with Crippen LogP contribution in [0.2, 0.25) is 0 Å². The first kappa shape index (κ1) is 27.3. The van der Waals surface area contributed by atoms with Crippen molar-refractivity contribution in [3.63, 3.8) is 0 Å². The Balaban J connectivity index is 1.45. The number of benzene rings is 1. The molecule has 0 aliphatic carbocycles. The van der Waals surface area contributed by atoms with Crippen molar-refractivity contribution in [3.05, 3.63) is 59.8 Å². The molecule has 8 heteroatoms. The van der Waals surface area contributed by atoms with E-state index in [0.29, 0.717) is 25.0 Å². The number of hydrazine groups is 1. The molecule has 39 heavy (non-hydrogen) atoms. The summed E-state index contributed by atoms with van der Waals surface area (Å²) in [6.07, 6.45) is 18.9. The second-order valence-electron chi connectivity index (χ2n) is 10.8. The molecule has 1 atom stereocenters. The number of rotatable bonds is 4. The number of hydrogen-bond acceptors (Lipinski definition) is 8. The van der Waals surface area contributed by atoms with Crippen LogP contribution in [0, 0.1) is 5.92 Å². The van der Waals surface area contributed by atoms with Crippen molar-refractivity contribution in [2.24, 2.45) is 21.1 Å². The van der Waals surface area contributed by atoms with E-state index < -0.39 is 0 Å². The molecule has 1 saturated heterocycles. The van der Waals surface area contributed by atoms with E-state index in [1.807, 2.05) is 12.4 Å². The highest BCUT2D eigenvalue weighted by atomic mass is 16.5. The monoisotopic (exact) mass is 529 g/mol. The van der Waals surface area contributed by atoms with Gasteiger partial charge in [0, 0.05) is 69.2 Å². The highest BCUT2D eigenvalue weighted by Crippen LogP contribution is 2.31. The molecule has 6 bridgehead atoms. The summed E-state index contributed by atoms with van der Waals surface area (Å²) in [6, 6.07) is 6.64. The van der Waals surface area contributed by atoms with Crippen molar-refractivity contribution in [1.29, 1.82) is 0 Å². The van der Waals surface area contributed by atoms with Gasteiger partial charge in [-0.3, -0.25) is 4.99 Å². The SMILES string of the molecule is CCCN(C)Nc1ccc2c(c1)N1CCC(CC1)OC/C=C\C1CCN=C/C=C(\C=C\NCC1)C1=NN=C2C1. The van der Waals surface area contributed by atoms with Crippen molar-refractivity contribution in [2.45, 2.75) is 51.6 Å². The Hall–Kier alpha value is -3.23. The van der Waals surface area contributed by atoms with Crippen LogP contribution in [-0.4, -0.2) is 75.1 Å². The molecular weight excluding hydrogens is 486 g/mol. The van der Waals surface area contributed by atoms with Crippen LogP contribution in [0.25, 0.3) is 0 Å². The van der Waals surface area contributed by atoms with Gasteiger partial charge in [0.1, 0.15) is 0 Å². The van der Waals surface area contributed by atoms with Crippen molar-refractivity contribution in [3.8, 4) is 0 Å². The number of allylic oxidation sites excluding steroid dienone is 4. The highest BCUT2D eigenvalue weighted by Gasteiger charge is 2.25. The fourth-order valence-corrected chi connectivity index (χ4v) is 5.61. The molecule has 0 saturated carbocycles. The van der Waals surface area contributed by atoms with E-state index in [0.717, 1.165) is 93.1 Å². The van der Waals surface area contributed by atoms with E-state index in [1.165, 1.54) is 5.69 Å². The van der Waals surface area contributed by atoms with E-state index >= 15 is 0 Å². The molecule has 1 aromatic rings. The van der Waals surface area contributed by atoms with Gasteiger partial charge in [0.15, 0.2) is 0 Å². The second-order valence-corrected chi connectivity index (χ2v) is 10.8. The number of nitrogens with zero attached hydrogens (tertiary/aromatic N) is 5. The lowest BCUT2D eigenvalue weighted by molar-refractivity contribution is 0.0560. The van der Waals surface area contributed by atoms with E-state index in [9.17, 15) is 0 Å². The molecule has 0 radical (unpaired) electrons. The van der Waals surface area contributed by atoms with Crippen LogP contribution >= 0.6 is 0 Å². The van der Waals surface area contributed by atoms with E-state index in [-0.39, 0.29) is 0 Å². The molecule has 8 nitrogen and oxygen atoms in total. The lowest BCUT2D eigenvalue weighted by Crippen LogP contribution is -2.38. The Morgan fingerprint density at radius 1 is 1.13 bits per heavy atom. The number of hydrogen-bond donors (Lipinski definition) is 2. The number of nitrogens with one attached hydrogen (secondary N) is 2. The van der Waals surface area contributed by atoms with Crippen LogP contribution in [0.5, 0.6) is 0 Å². The third-order valence-electron chi connectivity index (χ3n) is 7.79.